The van der Waals surface area contributed by atoms with Gasteiger partial charge in [-0.05, 0) is 50.5 Å². The molecule has 1 fully saturated rings. The second-order valence-electron chi connectivity index (χ2n) is 7.49. The van der Waals surface area contributed by atoms with Gasteiger partial charge in [0.15, 0.2) is 5.78 Å². The molecule has 1 aliphatic carbocycles. The Morgan fingerprint density at radius 2 is 1.88 bits per heavy atom. The number of aromatic hydroxyl groups is 1. The van der Waals surface area contributed by atoms with E-state index in [1.54, 1.807) is 6.92 Å². The fourth-order valence-electron chi connectivity index (χ4n) is 4.09. The van der Waals surface area contributed by atoms with Crippen molar-refractivity contribution in [2.24, 2.45) is 11.8 Å². The Balaban J connectivity index is 2.31. The van der Waals surface area contributed by atoms with Crippen LogP contribution >= 0.6 is 0 Å². The number of Topliss-reactive ketones (excluding diaryl/α,β-unsaturated/α-hetero) is 1. The van der Waals surface area contributed by atoms with Crippen LogP contribution in [0.25, 0.3) is 0 Å². The summed E-state index contributed by atoms with van der Waals surface area (Å²) in [7, 11) is 0. The lowest BCUT2D eigenvalue weighted by molar-refractivity contribution is 0.0864. The Bertz CT molecular complexity index is 750. The third-order valence-corrected chi connectivity index (χ3v) is 5.68. The Morgan fingerprint density at radius 1 is 1.23 bits per heavy atom. The lowest BCUT2D eigenvalue weighted by atomic mass is 9.76. The smallest absolute Gasteiger partial charge is 0.271 e. The molecule has 1 aromatic rings. The van der Waals surface area contributed by atoms with E-state index in [2.05, 4.69) is 6.92 Å². The summed E-state index contributed by atoms with van der Waals surface area (Å²) in [5, 5.41) is 20.0. The lowest BCUT2D eigenvalue weighted by Crippen LogP contribution is -2.29. The zero-order valence-electron chi connectivity index (χ0n) is 16.2. The fourth-order valence-corrected chi connectivity index (χ4v) is 4.09. The number of nitrogens with zero attached hydrogens (tertiary/aromatic N) is 2. The van der Waals surface area contributed by atoms with Gasteiger partial charge in [-0.3, -0.25) is 14.2 Å². The highest BCUT2D eigenvalue weighted by atomic mass is 16.3. The van der Waals surface area contributed by atoms with Crippen LogP contribution in [0.3, 0.4) is 0 Å². The van der Waals surface area contributed by atoms with Gasteiger partial charge in [0.2, 0.25) is 5.88 Å². The lowest BCUT2D eigenvalue weighted by Gasteiger charge is -2.28. The van der Waals surface area contributed by atoms with Crippen LogP contribution in [-0.4, -0.2) is 15.5 Å². The number of nitriles is 1. The van der Waals surface area contributed by atoms with Gasteiger partial charge in [0, 0.05) is 12.5 Å². The van der Waals surface area contributed by atoms with Gasteiger partial charge >= 0.3 is 0 Å². The van der Waals surface area contributed by atoms with Gasteiger partial charge < -0.3 is 5.11 Å². The third-order valence-electron chi connectivity index (χ3n) is 5.68. The maximum Gasteiger partial charge on any atom is 0.271 e. The number of carbonyl (C=O) groups excluding carboxylic acids is 1. The predicted molar refractivity (Wildman–Crippen MR) is 101 cm³/mol. The van der Waals surface area contributed by atoms with Crippen LogP contribution < -0.4 is 5.56 Å². The molecule has 0 atom stereocenters. The zero-order valence-corrected chi connectivity index (χ0v) is 16.2. The highest BCUT2D eigenvalue weighted by Gasteiger charge is 2.31. The van der Waals surface area contributed by atoms with Crippen molar-refractivity contribution >= 4 is 5.78 Å². The molecule has 26 heavy (non-hydrogen) atoms. The van der Waals surface area contributed by atoms with Crippen molar-refractivity contribution in [2.45, 2.75) is 78.7 Å². The van der Waals surface area contributed by atoms with Crippen molar-refractivity contribution in [1.29, 1.82) is 5.26 Å². The molecule has 0 unspecified atom stereocenters. The fraction of sp³-hybridized carbons (Fsp3) is 0.667. The van der Waals surface area contributed by atoms with Gasteiger partial charge in [0.05, 0.1) is 5.56 Å². The van der Waals surface area contributed by atoms with E-state index in [1.807, 2.05) is 13.0 Å². The van der Waals surface area contributed by atoms with Gasteiger partial charge in [-0.15, -0.1) is 0 Å². The molecule has 0 bridgehead atoms. The second-order valence-corrected chi connectivity index (χ2v) is 7.49. The van der Waals surface area contributed by atoms with Crippen molar-refractivity contribution < 1.29 is 9.90 Å². The van der Waals surface area contributed by atoms with Crippen LogP contribution in [0.4, 0.5) is 0 Å². The minimum absolute atomic E-state index is 0.0313. The summed E-state index contributed by atoms with van der Waals surface area (Å²) in [6.45, 7) is 5.97. The van der Waals surface area contributed by atoms with Crippen molar-refractivity contribution in [3.8, 4) is 11.9 Å². The molecule has 1 N–H and O–H groups in total. The number of ketones is 1. The number of hydrogen-bond donors (Lipinski definition) is 1. The largest absolute Gasteiger partial charge is 0.494 e. The summed E-state index contributed by atoms with van der Waals surface area (Å²) in [6, 6.07) is 1.92. The van der Waals surface area contributed by atoms with E-state index in [-0.39, 0.29) is 28.7 Å². The quantitative estimate of drug-likeness (QED) is 0.736. The van der Waals surface area contributed by atoms with Crippen molar-refractivity contribution in [3.05, 3.63) is 27.0 Å². The van der Waals surface area contributed by atoms with E-state index < -0.39 is 5.56 Å². The molecule has 5 heteroatoms. The second kappa shape index (κ2) is 9.02. The Labute approximate surface area is 155 Å². The summed E-state index contributed by atoms with van der Waals surface area (Å²) >= 11 is 0. The van der Waals surface area contributed by atoms with Crippen LogP contribution in [0.1, 0.15) is 86.7 Å². The normalized spacial score (nSPS) is 19.9. The maximum atomic E-state index is 13.1. The van der Waals surface area contributed by atoms with Crippen LogP contribution in [0.2, 0.25) is 0 Å². The van der Waals surface area contributed by atoms with E-state index in [4.69, 9.17) is 0 Å². The highest BCUT2D eigenvalue weighted by molar-refractivity contribution is 6.01. The molecule has 0 aliphatic heterocycles. The molecule has 0 aromatic carbocycles. The van der Waals surface area contributed by atoms with Crippen molar-refractivity contribution in [1.82, 2.24) is 4.57 Å². The average molecular weight is 358 g/mol. The molecular weight excluding hydrogens is 328 g/mol. The van der Waals surface area contributed by atoms with Crippen LogP contribution in [-0.2, 0) is 6.54 Å². The monoisotopic (exact) mass is 358 g/mol. The minimum atomic E-state index is -0.510. The number of hydrogen-bond acceptors (Lipinski definition) is 4. The average Bonchev–Trinajstić information content (AvgIpc) is 2.64. The number of carbonyl (C=O) groups is 1. The van der Waals surface area contributed by atoms with Gasteiger partial charge in [-0.2, -0.15) is 5.26 Å². The minimum Gasteiger partial charge on any atom is -0.494 e. The molecule has 2 rings (SSSR count). The predicted octanol–water partition coefficient (Wildman–Crippen LogP) is 4.32. The summed E-state index contributed by atoms with van der Waals surface area (Å²) < 4.78 is 1.17. The third kappa shape index (κ3) is 4.00. The molecule has 0 amide bonds. The number of rotatable bonds is 7. The maximum absolute atomic E-state index is 13.1. The van der Waals surface area contributed by atoms with E-state index in [1.165, 1.54) is 23.8 Å². The Hall–Kier alpha value is -2.09. The van der Waals surface area contributed by atoms with Crippen LogP contribution in [0.5, 0.6) is 5.88 Å². The van der Waals surface area contributed by atoms with Gasteiger partial charge in [-0.1, -0.05) is 33.1 Å². The molecule has 142 valence electrons. The van der Waals surface area contributed by atoms with Crippen LogP contribution in [0, 0.1) is 30.1 Å². The summed E-state index contributed by atoms with van der Waals surface area (Å²) in [6.07, 6.45) is 8.01. The number of unbranched alkanes of at least 4 members (excludes halogenated alkanes) is 1. The van der Waals surface area contributed by atoms with E-state index in [0.29, 0.717) is 24.4 Å². The molecule has 0 saturated heterocycles. The number of pyridine rings is 1. The molecule has 1 aliphatic rings. The Kier molecular flexibility index (Phi) is 7.02. The summed E-state index contributed by atoms with van der Waals surface area (Å²) in [5.41, 5.74) is -0.0486. The first kappa shape index (κ1) is 20.2. The Morgan fingerprint density at radius 3 is 2.42 bits per heavy atom. The molecule has 1 heterocycles. The van der Waals surface area contributed by atoms with Crippen molar-refractivity contribution in [3.63, 3.8) is 0 Å². The zero-order chi connectivity index (χ0) is 19.3. The molecule has 0 spiro atoms. The topological polar surface area (TPSA) is 83.1 Å². The molecule has 1 saturated carbocycles. The summed E-state index contributed by atoms with van der Waals surface area (Å²) in [5.74, 6) is 0.177. The first-order valence-electron chi connectivity index (χ1n) is 9.86. The molecular formula is C21H30N2O3. The van der Waals surface area contributed by atoms with E-state index in [9.17, 15) is 20.0 Å². The first-order valence-corrected chi connectivity index (χ1v) is 9.86. The molecule has 5 nitrogen and oxygen atoms in total. The first-order chi connectivity index (χ1) is 12.5. The SMILES string of the molecule is CCCCC1CCC(C(=O)c2c(C)c(C#N)c(=O)n(CCC)c2O)CC1. The van der Waals surface area contributed by atoms with E-state index >= 15 is 0 Å². The van der Waals surface area contributed by atoms with Gasteiger partial charge in [-0.25, -0.2) is 0 Å². The highest BCUT2D eigenvalue weighted by Crippen LogP contribution is 2.36. The van der Waals surface area contributed by atoms with E-state index in [0.717, 1.165) is 25.7 Å². The molecule has 1 aromatic heterocycles. The van der Waals surface area contributed by atoms with Crippen LogP contribution in [0.15, 0.2) is 4.79 Å². The molecule has 0 radical (unpaired) electrons. The van der Waals surface area contributed by atoms with Crippen molar-refractivity contribution in [2.75, 3.05) is 0 Å². The summed E-state index contributed by atoms with van der Waals surface area (Å²) in [4.78, 5) is 25.5. The number of aromatic nitrogens is 1. The van der Waals surface area contributed by atoms with Gasteiger partial charge in [0.25, 0.3) is 5.56 Å². The standard InChI is InChI=1S/C21H30N2O3/c1-4-6-7-15-8-10-16(11-9-15)19(24)18-14(3)17(13-22)20(25)23(12-5-2)21(18)26/h15-16,26H,4-12H2,1-3H3. The van der Waals surface area contributed by atoms with Gasteiger partial charge in [0.1, 0.15) is 11.6 Å².